The number of nitrogens with zero attached hydrogens (tertiary/aromatic N) is 2. The van der Waals surface area contributed by atoms with E-state index in [1.807, 2.05) is 36.4 Å². The molecule has 0 aliphatic carbocycles. The fourth-order valence-electron chi connectivity index (χ4n) is 7.28. The van der Waals surface area contributed by atoms with Crippen molar-refractivity contribution in [1.82, 2.24) is 9.80 Å². The van der Waals surface area contributed by atoms with Crippen molar-refractivity contribution in [3.8, 4) is 69.0 Å². The molecular weight excluding hydrogens is 676 g/mol. The van der Waals surface area contributed by atoms with Gasteiger partial charge in [-0.15, -0.1) is 0 Å². The van der Waals surface area contributed by atoms with Crippen molar-refractivity contribution in [2.24, 2.45) is 0 Å². The third-order valence-corrected chi connectivity index (χ3v) is 9.72. The zero-order valence-corrected chi connectivity index (χ0v) is 29.9. The van der Waals surface area contributed by atoms with Crippen molar-refractivity contribution in [2.75, 3.05) is 82.4 Å². The number of hydrogen-bond donors (Lipinski definition) is 2. The number of hydrogen-bond acceptors (Lipinski definition) is 14. The van der Waals surface area contributed by atoms with Gasteiger partial charge in [-0.25, -0.2) is 0 Å². The summed E-state index contributed by atoms with van der Waals surface area (Å²) in [7, 11) is 9.40. The number of phenolic OH excluding ortho intramolecular Hbond substituents is 2. The second kappa shape index (κ2) is 14.6. The van der Waals surface area contributed by atoms with Gasteiger partial charge >= 0.3 is 0 Å². The van der Waals surface area contributed by atoms with Crippen LogP contribution in [-0.2, 0) is 0 Å². The van der Waals surface area contributed by atoms with Crippen LogP contribution < -0.4 is 47.4 Å². The zero-order valence-electron chi connectivity index (χ0n) is 29.9. The highest BCUT2D eigenvalue weighted by molar-refractivity contribution is 5.60. The summed E-state index contributed by atoms with van der Waals surface area (Å²) in [6, 6.07) is 13.5. The number of rotatable bonds is 12. The average Bonchev–Trinajstić information content (AvgIpc) is 3.83. The molecule has 4 aromatic carbocycles. The van der Waals surface area contributed by atoms with E-state index in [1.165, 1.54) is 0 Å². The number of piperazine rings is 1. The fourth-order valence-corrected chi connectivity index (χ4v) is 7.28. The molecule has 2 N–H and O–H groups in total. The van der Waals surface area contributed by atoms with E-state index in [0.717, 1.165) is 11.1 Å². The van der Waals surface area contributed by atoms with Crippen LogP contribution >= 0.6 is 0 Å². The monoisotopic (exact) mass is 718 g/mol. The van der Waals surface area contributed by atoms with Gasteiger partial charge < -0.3 is 57.6 Å². The summed E-state index contributed by atoms with van der Waals surface area (Å²) in [5.41, 5.74) is 2.88. The van der Waals surface area contributed by atoms with Gasteiger partial charge in [0.15, 0.2) is 46.0 Å². The molecule has 276 valence electrons. The number of benzene rings is 4. The fraction of sp³-hybridized carbons (Fsp3) is 0.368. The molecule has 3 heterocycles. The molecule has 1 fully saturated rings. The third kappa shape index (κ3) is 6.17. The Morgan fingerprint density at radius 3 is 1.06 bits per heavy atom. The molecule has 0 radical (unpaired) electrons. The van der Waals surface area contributed by atoms with Crippen molar-refractivity contribution in [1.29, 1.82) is 0 Å². The molecule has 2 unspecified atom stereocenters. The van der Waals surface area contributed by atoms with Crippen LogP contribution in [0.2, 0.25) is 0 Å². The minimum Gasteiger partial charge on any atom is -0.507 e. The summed E-state index contributed by atoms with van der Waals surface area (Å²) in [5, 5.41) is 22.9. The normalized spacial score (nSPS) is 16.3. The van der Waals surface area contributed by atoms with Gasteiger partial charge in [0.05, 0.1) is 54.7 Å². The SMILES string of the molecule is COc1cc(C(c2cc3c(cc2O)OCO3)N2CCN(C(c3cc(OC)c(OC)c(OC)c3)c3cc4c(cc3O)OCO4)CC2)cc(OC)c1OC. The van der Waals surface area contributed by atoms with Crippen molar-refractivity contribution in [3.05, 3.63) is 70.8 Å². The van der Waals surface area contributed by atoms with Crippen LogP contribution in [0, 0.1) is 0 Å². The second-order valence-corrected chi connectivity index (χ2v) is 12.3. The maximum Gasteiger partial charge on any atom is 0.231 e. The first-order valence-corrected chi connectivity index (χ1v) is 16.6. The quantitative estimate of drug-likeness (QED) is 0.201. The van der Waals surface area contributed by atoms with E-state index in [9.17, 15) is 10.2 Å². The zero-order chi connectivity index (χ0) is 36.5. The molecule has 2 atom stereocenters. The maximum atomic E-state index is 11.4. The summed E-state index contributed by atoms with van der Waals surface area (Å²) in [4.78, 5) is 4.56. The van der Waals surface area contributed by atoms with Crippen molar-refractivity contribution in [2.45, 2.75) is 12.1 Å². The average molecular weight is 719 g/mol. The number of ether oxygens (including phenoxy) is 10. The van der Waals surface area contributed by atoms with Gasteiger partial charge in [-0.3, -0.25) is 9.80 Å². The summed E-state index contributed by atoms with van der Waals surface area (Å²) in [6.07, 6.45) is 0. The van der Waals surface area contributed by atoms with Crippen LogP contribution in [0.3, 0.4) is 0 Å². The van der Waals surface area contributed by atoms with Crippen molar-refractivity contribution in [3.63, 3.8) is 0 Å². The first-order valence-electron chi connectivity index (χ1n) is 16.6. The molecule has 7 rings (SSSR count). The predicted molar refractivity (Wildman–Crippen MR) is 187 cm³/mol. The molecule has 0 saturated carbocycles. The van der Waals surface area contributed by atoms with Crippen LogP contribution in [0.15, 0.2) is 48.5 Å². The number of fused-ring (bicyclic) bond motifs is 2. The number of methoxy groups -OCH3 is 6. The largest absolute Gasteiger partial charge is 0.507 e. The Balaban J connectivity index is 1.29. The minimum absolute atomic E-state index is 0.0611. The van der Waals surface area contributed by atoms with Crippen LogP contribution in [0.5, 0.6) is 69.0 Å². The molecular formula is C38H42N2O12. The molecule has 3 aliphatic rings. The molecule has 52 heavy (non-hydrogen) atoms. The van der Waals surface area contributed by atoms with Gasteiger partial charge in [0.25, 0.3) is 0 Å². The summed E-state index contributed by atoms with van der Waals surface area (Å²) in [6.45, 7) is 2.37. The Morgan fingerprint density at radius 2 is 0.769 bits per heavy atom. The van der Waals surface area contributed by atoms with E-state index in [4.69, 9.17) is 47.4 Å². The lowest BCUT2D eigenvalue weighted by atomic mass is 9.92. The predicted octanol–water partition coefficient (Wildman–Crippen LogP) is 5.10. The molecule has 4 aromatic rings. The lowest BCUT2D eigenvalue weighted by Crippen LogP contribution is -2.49. The van der Waals surface area contributed by atoms with E-state index >= 15 is 0 Å². The Hall–Kier alpha value is -5.60. The van der Waals surface area contributed by atoms with Crippen LogP contribution in [0.25, 0.3) is 0 Å². The molecule has 0 aromatic heterocycles. The highest BCUT2D eigenvalue weighted by Gasteiger charge is 2.36. The van der Waals surface area contributed by atoms with Gasteiger partial charge in [0, 0.05) is 49.4 Å². The molecule has 0 spiro atoms. The van der Waals surface area contributed by atoms with Gasteiger partial charge in [0.2, 0.25) is 25.1 Å². The van der Waals surface area contributed by atoms with E-state index in [0.29, 0.717) is 94.8 Å². The van der Waals surface area contributed by atoms with Crippen molar-refractivity contribution < 1.29 is 57.6 Å². The number of aromatic hydroxyl groups is 2. The minimum atomic E-state index is -0.455. The lowest BCUT2D eigenvalue weighted by molar-refractivity contribution is 0.0879. The first kappa shape index (κ1) is 34.8. The smallest absolute Gasteiger partial charge is 0.231 e. The Labute approximate surface area is 301 Å². The molecule has 14 heteroatoms. The molecule has 0 bridgehead atoms. The van der Waals surface area contributed by atoms with Gasteiger partial charge in [-0.2, -0.15) is 0 Å². The van der Waals surface area contributed by atoms with Crippen LogP contribution in [0.4, 0.5) is 0 Å². The Morgan fingerprint density at radius 1 is 0.462 bits per heavy atom. The topological polar surface area (TPSA) is 139 Å². The van der Waals surface area contributed by atoms with E-state index in [1.54, 1.807) is 54.8 Å². The standard InChI is InChI=1S/C38H42N2O12/c1-43-31-11-21(12-32(44-2)37(31)47-5)35(23-15-27-29(17-25(23)41)51-19-49-27)39-7-9-40(10-8-39)36(24-16-28-30(18-26(24)42)52-20-50-28)22-13-33(45-3)38(48-6)34(14-22)46-4/h11-18,35-36,41-42H,7-10,19-20H2,1-6H3. The van der Waals surface area contributed by atoms with Gasteiger partial charge in [-0.1, -0.05) is 0 Å². The molecule has 3 aliphatic heterocycles. The lowest BCUT2D eigenvalue weighted by Gasteiger charge is -2.43. The molecule has 1 saturated heterocycles. The van der Waals surface area contributed by atoms with Crippen molar-refractivity contribution >= 4 is 0 Å². The van der Waals surface area contributed by atoms with Gasteiger partial charge in [0.1, 0.15) is 11.5 Å². The molecule has 0 amide bonds. The second-order valence-electron chi connectivity index (χ2n) is 12.3. The van der Waals surface area contributed by atoms with Crippen LogP contribution in [0.1, 0.15) is 34.3 Å². The summed E-state index contributed by atoms with van der Waals surface area (Å²) in [5.74, 6) is 5.04. The van der Waals surface area contributed by atoms with E-state index in [2.05, 4.69) is 9.80 Å². The maximum absolute atomic E-state index is 11.4. The summed E-state index contributed by atoms with van der Waals surface area (Å²) < 4.78 is 56.7. The molecule has 14 nitrogen and oxygen atoms in total. The third-order valence-electron chi connectivity index (χ3n) is 9.72. The highest BCUT2D eigenvalue weighted by Crippen LogP contribution is 2.49. The Kier molecular flexibility index (Phi) is 9.75. The summed E-state index contributed by atoms with van der Waals surface area (Å²) >= 11 is 0. The van der Waals surface area contributed by atoms with Crippen LogP contribution in [-0.4, -0.2) is 102 Å². The first-order chi connectivity index (χ1) is 25.3. The van der Waals surface area contributed by atoms with Gasteiger partial charge in [-0.05, 0) is 47.5 Å². The number of phenols is 2. The van der Waals surface area contributed by atoms with E-state index in [-0.39, 0.29) is 25.1 Å². The Bertz CT molecular complexity index is 1760. The van der Waals surface area contributed by atoms with E-state index < -0.39 is 12.1 Å². The highest BCUT2D eigenvalue weighted by atomic mass is 16.7.